The van der Waals surface area contributed by atoms with Gasteiger partial charge in [-0.3, -0.25) is 9.59 Å². The van der Waals surface area contributed by atoms with Gasteiger partial charge in [-0.25, -0.2) is 4.98 Å². The molecule has 174 valence electrons. The molecule has 0 bridgehead atoms. The Balaban J connectivity index is 1.34. The van der Waals surface area contributed by atoms with Crippen molar-refractivity contribution in [2.24, 2.45) is 0 Å². The second-order valence-corrected chi connectivity index (χ2v) is 10.1. The van der Waals surface area contributed by atoms with Crippen LogP contribution < -0.4 is 15.5 Å². The normalized spacial score (nSPS) is 12.6. The summed E-state index contributed by atoms with van der Waals surface area (Å²) in [5.41, 5.74) is 2.60. The molecule has 0 aliphatic heterocycles. The molecule has 33 heavy (non-hydrogen) atoms. The van der Waals surface area contributed by atoms with E-state index in [2.05, 4.69) is 28.4 Å². The second kappa shape index (κ2) is 11.0. The molecule has 2 heterocycles. The van der Waals surface area contributed by atoms with Crippen LogP contribution in [0.4, 0.5) is 0 Å². The second-order valence-electron chi connectivity index (χ2n) is 8.00. The smallest absolute Gasteiger partial charge is 0.221 e. The number of imidazole rings is 1. The molecule has 1 aromatic carbocycles. The molecule has 0 spiro atoms. The Hall–Kier alpha value is -2.58. The van der Waals surface area contributed by atoms with E-state index in [9.17, 15) is 9.59 Å². The van der Waals surface area contributed by atoms with Crippen molar-refractivity contribution in [2.45, 2.75) is 57.3 Å². The fourth-order valence-corrected chi connectivity index (χ4v) is 6.16. The van der Waals surface area contributed by atoms with E-state index in [0.717, 1.165) is 52.5 Å². The average Bonchev–Trinajstić information content (AvgIpc) is 3.43. The summed E-state index contributed by atoms with van der Waals surface area (Å²) < 4.78 is 7.64. The summed E-state index contributed by atoms with van der Waals surface area (Å²) >= 11 is 3.19. The van der Waals surface area contributed by atoms with E-state index in [1.165, 1.54) is 16.6 Å². The number of aromatic nitrogens is 2. The molecule has 2 aromatic heterocycles. The molecule has 0 atom stereocenters. The summed E-state index contributed by atoms with van der Waals surface area (Å²) in [5, 5.41) is 3.74. The molecule has 4 rings (SSSR count). The predicted octanol–water partition coefficient (Wildman–Crippen LogP) is 4.72. The van der Waals surface area contributed by atoms with Crippen LogP contribution in [0.5, 0.6) is 5.75 Å². The van der Waals surface area contributed by atoms with Gasteiger partial charge in [-0.05, 0) is 43.4 Å². The first kappa shape index (κ1) is 23.6. The maximum atomic E-state index is 12.9. The van der Waals surface area contributed by atoms with Gasteiger partial charge < -0.3 is 14.6 Å². The number of nitrogens with zero attached hydrogens (tertiary/aromatic N) is 2. The molecule has 8 heteroatoms. The van der Waals surface area contributed by atoms with Crippen molar-refractivity contribution < 1.29 is 9.53 Å². The third kappa shape index (κ3) is 5.50. The number of allylic oxidation sites excluding steroid dienone is 1. The van der Waals surface area contributed by atoms with Gasteiger partial charge in [0.25, 0.3) is 0 Å². The monoisotopic (exact) mass is 483 g/mol. The third-order valence-corrected chi connectivity index (χ3v) is 7.80. The van der Waals surface area contributed by atoms with E-state index in [4.69, 9.17) is 4.74 Å². The lowest BCUT2D eigenvalue weighted by molar-refractivity contribution is -0.120. The average molecular weight is 484 g/mol. The van der Waals surface area contributed by atoms with Gasteiger partial charge in [0.15, 0.2) is 5.16 Å². The Morgan fingerprint density at radius 2 is 2.15 bits per heavy atom. The van der Waals surface area contributed by atoms with Crippen LogP contribution in [0.15, 0.2) is 46.9 Å². The van der Waals surface area contributed by atoms with Gasteiger partial charge in [0.1, 0.15) is 16.1 Å². The number of hydrogen-bond donors (Lipinski definition) is 1. The summed E-state index contributed by atoms with van der Waals surface area (Å²) in [5.74, 6) is 1.43. The van der Waals surface area contributed by atoms with Crippen LogP contribution in [0.1, 0.15) is 42.2 Å². The Bertz CT molecular complexity index is 1200. The van der Waals surface area contributed by atoms with Crippen molar-refractivity contribution in [1.82, 2.24) is 14.9 Å². The van der Waals surface area contributed by atoms with E-state index < -0.39 is 0 Å². The summed E-state index contributed by atoms with van der Waals surface area (Å²) in [6, 6.07) is 7.80. The van der Waals surface area contributed by atoms with E-state index in [1.807, 2.05) is 30.3 Å². The van der Waals surface area contributed by atoms with Gasteiger partial charge in [-0.15, -0.1) is 17.9 Å². The number of hydrogen-bond acceptors (Lipinski definition) is 6. The number of fused-ring (bicyclic) bond motifs is 2. The lowest BCUT2D eigenvalue weighted by Crippen LogP contribution is -2.23. The maximum absolute atomic E-state index is 12.9. The molecule has 0 fully saturated rings. The molecule has 0 unspecified atom stereocenters. The van der Waals surface area contributed by atoms with E-state index in [0.29, 0.717) is 37.4 Å². The molecule has 1 N–H and O–H groups in total. The minimum Gasteiger partial charge on any atom is -0.494 e. The third-order valence-electron chi connectivity index (χ3n) is 5.52. The molecule has 1 aliphatic carbocycles. The van der Waals surface area contributed by atoms with E-state index in [-0.39, 0.29) is 11.3 Å². The highest BCUT2D eigenvalue weighted by molar-refractivity contribution is 7.99. The number of nitrogens with one attached hydrogen (secondary N) is 1. The molecule has 0 radical (unpaired) electrons. The summed E-state index contributed by atoms with van der Waals surface area (Å²) in [7, 11) is 0. The van der Waals surface area contributed by atoms with Gasteiger partial charge in [-0.2, -0.15) is 0 Å². The molecule has 1 aliphatic rings. The Labute approximate surface area is 202 Å². The number of aryl methyl sites for hydroxylation is 1. The van der Waals surface area contributed by atoms with Crippen molar-refractivity contribution in [2.75, 3.05) is 12.4 Å². The maximum Gasteiger partial charge on any atom is 0.221 e. The lowest BCUT2D eigenvalue weighted by Gasteiger charge is -2.08. The van der Waals surface area contributed by atoms with Crippen molar-refractivity contribution >= 4 is 39.4 Å². The number of benzene rings is 1. The molecule has 6 nitrogen and oxygen atoms in total. The first-order valence-corrected chi connectivity index (χ1v) is 13.2. The first-order valence-electron chi connectivity index (χ1n) is 11.4. The van der Waals surface area contributed by atoms with Gasteiger partial charge >= 0.3 is 0 Å². The fraction of sp³-hybridized carbons (Fsp3) is 0.400. The van der Waals surface area contributed by atoms with Crippen LogP contribution in [-0.2, 0) is 30.7 Å². The van der Waals surface area contributed by atoms with Gasteiger partial charge in [0, 0.05) is 35.7 Å². The zero-order valence-corrected chi connectivity index (χ0v) is 20.5. The van der Waals surface area contributed by atoms with E-state index in [1.54, 1.807) is 11.3 Å². The lowest BCUT2D eigenvalue weighted by atomic mass is 10.2. The predicted molar refractivity (Wildman–Crippen MR) is 136 cm³/mol. The highest BCUT2D eigenvalue weighted by Crippen LogP contribution is 2.32. The topological polar surface area (TPSA) is 73.2 Å². The molecule has 0 saturated carbocycles. The van der Waals surface area contributed by atoms with Crippen molar-refractivity contribution in [3.8, 4) is 5.75 Å². The summed E-state index contributed by atoms with van der Waals surface area (Å²) in [6.45, 7) is 7.71. The molecular formula is C25H29N3O3S2. The zero-order chi connectivity index (χ0) is 23.2. The highest BCUT2D eigenvalue weighted by Gasteiger charge is 2.22. The van der Waals surface area contributed by atoms with Crippen LogP contribution in [-0.4, -0.2) is 27.8 Å². The van der Waals surface area contributed by atoms with Crippen LogP contribution in [0.25, 0.3) is 10.3 Å². The minimum absolute atomic E-state index is 0.00788. The number of carbonyl (C=O) groups excluding carboxylic acids is 1. The minimum atomic E-state index is -0.00788. The summed E-state index contributed by atoms with van der Waals surface area (Å²) in [6.07, 6.45) is 6.04. The Kier molecular flexibility index (Phi) is 7.88. The molecule has 0 saturated heterocycles. The van der Waals surface area contributed by atoms with Crippen LogP contribution in [0.2, 0.25) is 0 Å². The van der Waals surface area contributed by atoms with E-state index >= 15 is 0 Å². The van der Waals surface area contributed by atoms with Gasteiger partial charge in [-0.1, -0.05) is 36.9 Å². The van der Waals surface area contributed by atoms with Crippen LogP contribution in [0, 0.1) is 0 Å². The Morgan fingerprint density at radius 3 is 2.91 bits per heavy atom. The van der Waals surface area contributed by atoms with Crippen LogP contribution in [0.3, 0.4) is 0 Å². The van der Waals surface area contributed by atoms with Gasteiger partial charge in [0.2, 0.25) is 11.3 Å². The van der Waals surface area contributed by atoms with Gasteiger partial charge in [0.05, 0.1) is 6.61 Å². The molecular weight excluding hydrogens is 454 g/mol. The number of rotatable bonds is 11. The first-order chi connectivity index (χ1) is 16.1. The molecule has 1 amide bonds. The zero-order valence-electron chi connectivity index (χ0n) is 18.9. The SMILES string of the molecule is C=CCn1c(SCCC(=O)NCc2ccc(OCCC)cc2)nc2c(=O)c3c(sc21)CCC3. The quantitative estimate of drug-likeness (QED) is 0.316. The van der Waals surface area contributed by atoms with Crippen LogP contribution >= 0.6 is 23.1 Å². The molecule has 3 aromatic rings. The number of amides is 1. The standard InChI is InChI=1S/C25H29N3O3S2/c1-3-13-28-24-22(23(30)19-6-5-7-20(19)33-24)27-25(28)32-15-12-21(29)26-16-17-8-10-18(11-9-17)31-14-4-2/h3,8-11H,1,4-7,12-16H2,2H3,(H,26,29). The van der Waals surface area contributed by atoms with Crippen molar-refractivity contribution in [1.29, 1.82) is 0 Å². The number of thioether (sulfide) groups is 1. The highest BCUT2D eigenvalue weighted by atomic mass is 32.2. The number of ether oxygens (including phenoxy) is 1. The summed E-state index contributed by atoms with van der Waals surface area (Å²) in [4.78, 5) is 32.0. The largest absolute Gasteiger partial charge is 0.494 e. The van der Waals surface area contributed by atoms with Crippen molar-refractivity contribution in [3.05, 3.63) is 63.1 Å². The Morgan fingerprint density at radius 1 is 1.33 bits per heavy atom. The fourth-order valence-electron chi connectivity index (χ4n) is 3.85. The van der Waals surface area contributed by atoms with Crippen molar-refractivity contribution in [3.63, 3.8) is 0 Å². The number of carbonyl (C=O) groups is 1.